The quantitative estimate of drug-likeness (QED) is 0.466. The fourth-order valence-electron chi connectivity index (χ4n) is 2.59. The summed E-state index contributed by atoms with van der Waals surface area (Å²) in [4.78, 5) is 14.2. The van der Waals surface area contributed by atoms with Crippen molar-refractivity contribution in [1.82, 2.24) is 5.43 Å². The number of aryl methyl sites for hydroxylation is 1. The molecular weight excluding hydrogens is 480 g/mol. The number of sulfonamides is 1. The van der Waals surface area contributed by atoms with E-state index in [1.807, 2.05) is 37.2 Å². The molecule has 1 N–H and O–H groups in total. The normalized spacial score (nSPS) is 11.5. The first kappa shape index (κ1) is 23.2. The van der Waals surface area contributed by atoms with Crippen molar-refractivity contribution < 1.29 is 13.2 Å². The molecule has 2 rings (SSSR count). The zero-order valence-corrected chi connectivity index (χ0v) is 19.6. The summed E-state index contributed by atoms with van der Waals surface area (Å²) in [6.07, 6.45) is 2.53. The summed E-state index contributed by atoms with van der Waals surface area (Å²) in [5.41, 5.74) is 5.18. The minimum absolute atomic E-state index is 0.388. The molecule has 0 aliphatic heterocycles. The highest BCUT2D eigenvalue weighted by Crippen LogP contribution is 2.26. The Labute approximate surface area is 184 Å². The molecule has 1 amide bonds. The number of halogens is 2. The average molecular weight is 502 g/mol. The molecule has 156 valence electrons. The number of hydrogen-bond donors (Lipinski definition) is 1. The van der Waals surface area contributed by atoms with Crippen LogP contribution in [0, 0.1) is 6.92 Å². The molecule has 0 fully saturated rings. The zero-order valence-electron chi connectivity index (χ0n) is 16.5. The highest BCUT2D eigenvalue weighted by molar-refractivity contribution is 9.10. The van der Waals surface area contributed by atoms with Crippen LogP contribution in [-0.4, -0.2) is 47.4 Å². The van der Waals surface area contributed by atoms with Gasteiger partial charge < -0.3 is 4.90 Å². The van der Waals surface area contributed by atoms with Crippen LogP contribution < -0.4 is 14.6 Å². The van der Waals surface area contributed by atoms with Crippen LogP contribution in [0.15, 0.2) is 46.0 Å². The fraction of sp³-hybridized carbons (Fsp3) is 0.263. The van der Waals surface area contributed by atoms with Gasteiger partial charge in [0, 0.05) is 23.6 Å². The summed E-state index contributed by atoms with van der Waals surface area (Å²) >= 11 is 9.42. The van der Waals surface area contributed by atoms with Gasteiger partial charge in [0.05, 0.1) is 23.8 Å². The Bertz CT molecular complexity index is 1040. The van der Waals surface area contributed by atoms with Gasteiger partial charge in [-0.3, -0.25) is 9.10 Å². The van der Waals surface area contributed by atoms with E-state index in [-0.39, 0.29) is 0 Å². The molecule has 2 aromatic carbocycles. The lowest BCUT2D eigenvalue weighted by Crippen LogP contribution is -2.39. The number of rotatable bonds is 7. The van der Waals surface area contributed by atoms with Crippen molar-refractivity contribution in [2.75, 3.05) is 36.1 Å². The van der Waals surface area contributed by atoms with Crippen LogP contribution in [0.2, 0.25) is 5.02 Å². The fourth-order valence-corrected chi connectivity index (χ4v) is 4.48. The number of hydrogen-bond acceptors (Lipinski definition) is 5. The second-order valence-electron chi connectivity index (χ2n) is 6.60. The summed E-state index contributed by atoms with van der Waals surface area (Å²) < 4.78 is 26.3. The smallest absolute Gasteiger partial charge is 0.260 e. The summed E-state index contributed by atoms with van der Waals surface area (Å²) in [5, 5.41) is 4.41. The van der Waals surface area contributed by atoms with Crippen LogP contribution in [-0.2, 0) is 14.8 Å². The molecule has 0 unspecified atom stereocenters. The molecule has 0 aliphatic rings. The van der Waals surface area contributed by atoms with Crippen molar-refractivity contribution in [2.24, 2.45) is 5.10 Å². The van der Waals surface area contributed by atoms with E-state index in [4.69, 9.17) is 11.6 Å². The standard InChI is InChI=1S/C19H22BrClN4O3S/c1-13-9-15(21)6-8-17(13)25(29(4,27)28)12-19(26)23-22-11-14-5-7-18(24(2)3)16(20)10-14/h5-11H,12H2,1-4H3,(H,23,26)/b22-11-. The van der Waals surface area contributed by atoms with Crippen molar-refractivity contribution in [3.8, 4) is 0 Å². The maximum atomic E-state index is 12.3. The predicted octanol–water partition coefficient (Wildman–Crippen LogP) is 3.39. The highest BCUT2D eigenvalue weighted by atomic mass is 79.9. The first-order valence-electron chi connectivity index (χ1n) is 8.51. The zero-order chi connectivity index (χ0) is 21.8. The van der Waals surface area contributed by atoms with Crippen LogP contribution in [0.5, 0.6) is 0 Å². The predicted molar refractivity (Wildman–Crippen MR) is 123 cm³/mol. The van der Waals surface area contributed by atoms with Crippen molar-refractivity contribution in [1.29, 1.82) is 0 Å². The molecule has 0 heterocycles. The van der Waals surface area contributed by atoms with Gasteiger partial charge in [-0.15, -0.1) is 0 Å². The third-order valence-corrected chi connectivity index (χ3v) is 5.97. The molecule has 7 nitrogen and oxygen atoms in total. The molecule has 0 saturated heterocycles. The number of hydrazone groups is 1. The van der Waals surface area contributed by atoms with Gasteiger partial charge in [0.1, 0.15) is 6.54 Å². The van der Waals surface area contributed by atoms with E-state index in [1.165, 1.54) is 6.21 Å². The molecule has 0 spiro atoms. The van der Waals surface area contributed by atoms with Crippen LogP contribution in [0.25, 0.3) is 0 Å². The number of nitrogens with zero attached hydrogens (tertiary/aromatic N) is 3. The van der Waals surface area contributed by atoms with Crippen molar-refractivity contribution >= 4 is 61.1 Å². The Kier molecular flexibility index (Phi) is 7.67. The van der Waals surface area contributed by atoms with Gasteiger partial charge in [-0.1, -0.05) is 17.7 Å². The van der Waals surface area contributed by atoms with Crippen molar-refractivity contribution in [3.63, 3.8) is 0 Å². The monoisotopic (exact) mass is 500 g/mol. The summed E-state index contributed by atoms with van der Waals surface area (Å²) in [5.74, 6) is -0.565. The first-order valence-corrected chi connectivity index (χ1v) is 11.5. The molecule has 29 heavy (non-hydrogen) atoms. The molecular formula is C19H22BrClN4O3S. The van der Waals surface area contributed by atoms with E-state index in [2.05, 4.69) is 26.5 Å². The lowest BCUT2D eigenvalue weighted by Gasteiger charge is -2.23. The van der Waals surface area contributed by atoms with Gasteiger partial charge >= 0.3 is 0 Å². The Morgan fingerprint density at radius 1 is 1.21 bits per heavy atom. The Hall–Kier alpha value is -2.10. The molecule has 2 aromatic rings. The molecule has 0 radical (unpaired) electrons. The van der Waals surface area contributed by atoms with E-state index in [0.29, 0.717) is 16.3 Å². The van der Waals surface area contributed by atoms with E-state index < -0.39 is 22.5 Å². The maximum absolute atomic E-state index is 12.3. The van der Waals surface area contributed by atoms with Crippen LogP contribution in [0.1, 0.15) is 11.1 Å². The minimum Gasteiger partial charge on any atom is -0.377 e. The number of nitrogens with one attached hydrogen (secondary N) is 1. The largest absolute Gasteiger partial charge is 0.377 e. The average Bonchev–Trinajstić information content (AvgIpc) is 2.59. The lowest BCUT2D eigenvalue weighted by molar-refractivity contribution is -0.119. The Morgan fingerprint density at radius 3 is 2.41 bits per heavy atom. The number of carbonyl (C=O) groups excluding carboxylic acids is 1. The van der Waals surface area contributed by atoms with E-state index in [1.54, 1.807) is 25.1 Å². The van der Waals surface area contributed by atoms with Crippen molar-refractivity contribution in [3.05, 3.63) is 57.0 Å². The Morgan fingerprint density at radius 2 is 1.86 bits per heavy atom. The Balaban J connectivity index is 2.11. The second kappa shape index (κ2) is 9.60. The highest BCUT2D eigenvalue weighted by Gasteiger charge is 2.22. The molecule has 0 aliphatic carbocycles. The maximum Gasteiger partial charge on any atom is 0.260 e. The molecule has 0 atom stereocenters. The third-order valence-electron chi connectivity index (χ3n) is 3.97. The van der Waals surface area contributed by atoms with Gasteiger partial charge in [0.15, 0.2) is 0 Å². The van der Waals surface area contributed by atoms with E-state index in [0.717, 1.165) is 26.3 Å². The molecule has 0 aromatic heterocycles. The summed E-state index contributed by atoms with van der Waals surface area (Å²) in [7, 11) is 0.192. The number of carbonyl (C=O) groups is 1. The van der Waals surface area contributed by atoms with Gasteiger partial charge in [-0.05, 0) is 64.3 Å². The molecule has 0 bridgehead atoms. The first-order chi connectivity index (χ1) is 13.5. The topological polar surface area (TPSA) is 82.1 Å². The van der Waals surface area contributed by atoms with E-state index >= 15 is 0 Å². The van der Waals surface area contributed by atoms with Crippen molar-refractivity contribution in [2.45, 2.75) is 6.92 Å². The van der Waals surface area contributed by atoms with Gasteiger partial charge in [0.2, 0.25) is 10.0 Å². The summed E-state index contributed by atoms with van der Waals surface area (Å²) in [6, 6.07) is 10.4. The third kappa shape index (κ3) is 6.45. The van der Waals surface area contributed by atoms with Crippen LogP contribution in [0.4, 0.5) is 11.4 Å². The van der Waals surface area contributed by atoms with Crippen LogP contribution in [0.3, 0.4) is 0 Å². The minimum atomic E-state index is -3.68. The van der Waals surface area contributed by atoms with Gasteiger partial charge in [-0.2, -0.15) is 5.10 Å². The van der Waals surface area contributed by atoms with Gasteiger partial charge in [-0.25, -0.2) is 13.8 Å². The molecule has 10 heteroatoms. The number of anilines is 2. The van der Waals surface area contributed by atoms with Crippen LogP contribution >= 0.6 is 27.5 Å². The van der Waals surface area contributed by atoms with Gasteiger partial charge in [0.25, 0.3) is 5.91 Å². The van der Waals surface area contributed by atoms with E-state index in [9.17, 15) is 13.2 Å². The SMILES string of the molecule is Cc1cc(Cl)ccc1N(CC(=O)N/N=C\c1ccc(N(C)C)c(Br)c1)S(C)(=O)=O. The summed E-state index contributed by atoms with van der Waals surface area (Å²) in [6.45, 7) is 1.33. The second-order valence-corrected chi connectivity index (χ2v) is 9.80. The number of amides is 1. The molecule has 0 saturated carbocycles. The lowest BCUT2D eigenvalue weighted by atomic mass is 10.2. The number of benzene rings is 2.